The van der Waals surface area contributed by atoms with Crippen molar-refractivity contribution in [1.82, 2.24) is 5.32 Å². The molecule has 0 saturated carbocycles. The molecule has 0 aromatic heterocycles. The summed E-state index contributed by atoms with van der Waals surface area (Å²) in [7, 11) is 1.62. The second kappa shape index (κ2) is 5.87. The Bertz CT molecular complexity index is 425. The number of hydrogen-bond acceptors (Lipinski definition) is 3. The Morgan fingerprint density at radius 1 is 1.56 bits per heavy atom. The molecule has 1 amide bonds. The largest absolute Gasteiger partial charge is 0.496 e. The van der Waals surface area contributed by atoms with Crippen molar-refractivity contribution < 1.29 is 14.3 Å². The van der Waals surface area contributed by atoms with E-state index in [-0.39, 0.29) is 12.0 Å². The molecule has 0 aliphatic carbocycles. The summed E-state index contributed by atoms with van der Waals surface area (Å²) < 4.78 is 10.6. The third-order valence-corrected chi connectivity index (χ3v) is 3.17. The molecule has 1 aliphatic heterocycles. The number of hydrogen-bond donors (Lipinski definition) is 1. The number of methoxy groups -OCH3 is 1. The van der Waals surface area contributed by atoms with Crippen LogP contribution in [0.25, 0.3) is 0 Å². The van der Waals surface area contributed by atoms with Crippen molar-refractivity contribution in [1.29, 1.82) is 0 Å². The lowest BCUT2D eigenvalue weighted by molar-refractivity contribution is 0.0857. The minimum absolute atomic E-state index is 0.0590. The summed E-state index contributed by atoms with van der Waals surface area (Å²) in [6, 6.07) is 5.43. The van der Waals surface area contributed by atoms with Crippen LogP contribution in [-0.2, 0) is 4.74 Å². The first-order valence-corrected chi connectivity index (χ1v) is 6.25. The van der Waals surface area contributed by atoms with E-state index in [1.54, 1.807) is 13.2 Å². The van der Waals surface area contributed by atoms with Crippen LogP contribution in [-0.4, -0.2) is 32.3 Å². The zero-order valence-corrected chi connectivity index (χ0v) is 10.9. The highest BCUT2D eigenvalue weighted by Crippen LogP contribution is 2.18. The van der Waals surface area contributed by atoms with Crippen LogP contribution in [0.1, 0.15) is 28.8 Å². The van der Waals surface area contributed by atoms with E-state index in [1.165, 1.54) is 0 Å². The van der Waals surface area contributed by atoms with Gasteiger partial charge >= 0.3 is 0 Å². The molecule has 18 heavy (non-hydrogen) atoms. The van der Waals surface area contributed by atoms with Gasteiger partial charge in [-0.15, -0.1) is 0 Å². The van der Waals surface area contributed by atoms with E-state index in [9.17, 15) is 4.79 Å². The van der Waals surface area contributed by atoms with Gasteiger partial charge in [0.2, 0.25) is 0 Å². The summed E-state index contributed by atoms with van der Waals surface area (Å²) in [5.41, 5.74) is 1.62. The maximum absolute atomic E-state index is 11.9. The van der Waals surface area contributed by atoms with Crippen LogP contribution in [0.4, 0.5) is 0 Å². The monoisotopic (exact) mass is 249 g/mol. The van der Waals surface area contributed by atoms with E-state index in [1.807, 2.05) is 19.1 Å². The van der Waals surface area contributed by atoms with E-state index in [4.69, 9.17) is 9.47 Å². The number of rotatable bonds is 4. The van der Waals surface area contributed by atoms with Gasteiger partial charge in [-0.3, -0.25) is 4.79 Å². The fourth-order valence-corrected chi connectivity index (χ4v) is 2.13. The van der Waals surface area contributed by atoms with Gasteiger partial charge in [-0.05, 0) is 43.5 Å². The highest BCUT2D eigenvalue weighted by Gasteiger charge is 2.16. The second-order valence-corrected chi connectivity index (χ2v) is 4.53. The number of nitrogens with one attached hydrogen (secondary N) is 1. The summed E-state index contributed by atoms with van der Waals surface area (Å²) in [5, 5.41) is 2.90. The molecular weight excluding hydrogens is 230 g/mol. The van der Waals surface area contributed by atoms with Crippen molar-refractivity contribution in [3.8, 4) is 5.75 Å². The first-order valence-electron chi connectivity index (χ1n) is 6.25. The summed E-state index contributed by atoms with van der Waals surface area (Å²) in [6.45, 7) is 3.32. The zero-order valence-electron chi connectivity index (χ0n) is 10.9. The van der Waals surface area contributed by atoms with E-state index in [2.05, 4.69) is 5.32 Å². The fraction of sp³-hybridized carbons (Fsp3) is 0.500. The molecule has 0 radical (unpaired) electrons. The predicted molar refractivity (Wildman–Crippen MR) is 69.0 cm³/mol. The normalized spacial score (nSPS) is 18.7. The molecular formula is C14H19NO3. The topological polar surface area (TPSA) is 47.6 Å². The van der Waals surface area contributed by atoms with Crippen molar-refractivity contribution in [2.24, 2.45) is 0 Å². The molecule has 1 saturated heterocycles. The first-order chi connectivity index (χ1) is 8.70. The average Bonchev–Trinajstić information content (AvgIpc) is 2.89. The van der Waals surface area contributed by atoms with Crippen molar-refractivity contribution >= 4 is 5.91 Å². The van der Waals surface area contributed by atoms with Crippen LogP contribution >= 0.6 is 0 Å². The number of carbonyl (C=O) groups is 1. The second-order valence-electron chi connectivity index (χ2n) is 4.53. The highest BCUT2D eigenvalue weighted by molar-refractivity contribution is 5.94. The van der Waals surface area contributed by atoms with Crippen molar-refractivity contribution in [2.45, 2.75) is 25.9 Å². The minimum atomic E-state index is -0.0590. The maximum Gasteiger partial charge on any atom is 0.251 e. The van der Waals surface area contributed by atoms with Crippen LogP contribution in [0.5, 0.6) is 5.75 Å². The summed E-state index contributed by atoms with van der Waals surface area (Å²) in [6.07, 6.45) is 2.29. The van der Waals surface area contributed by atoms with Crippen LogP contribution < -0.4 is 10.1 Å². The molecule has 1 N–H and O–H groups in total. The summed E-state index contributed by atoms with van der Waals surface area (Å²) in [5.74, 6) is 0.738. The Kier molecular flexibility index (Phi) is 4.20. The Morgan fingerprint density at radius 3 is 3.00 bits per heavy atom. The Labute approximate surface area is 107 Å². The lowest BCUT2D eigenvalue weighted by Crippen LogP contribution is -2.31. The minimum Gasteiger partial charge on any atom is -0.496 e. The summed E-state index contributed by atoms with van der Waals surface area (Å²) in [4.78, 5) is 11.9. The van der Waals surface area contributed by atoms with Crippen molar-refractivity contribution in [2.75, 3.05) is 20.3 Å². The standard InChI is InChI=1S/C14H19NO3/c1-10-8-11(5-6-13(10)17-2)14(16)15-9-12-4-3-7-18-12/h5-6,8,12H,3-4,7,9H2,1-2H3,(H,15,16). The number of ether oxygens (including phenoxy) is 2. The first kappa shape index (κ1) is 12.9. The number of amides is 1. The third kappa shape index (κ3) is 3.01. The van der Waals surface area contributed by atoms with E-state index in [0.29, 0.717) is 12.1 Å². The van der Waals surface area contributed by atoms with Crippen LogP contribution in [0, 0.1) is 6.92 Å². The molecule has 0 bridgehead atoms. The predicted octanol–water partition coefficient (Wildman–Crippen LogP) is 1.91. The fourth-order valence-electron chi connectivity index (χ4n) is 2.13. The van der Waals surface area contributed by atoms with Gasteiger partial charge in [-0.1, -0.05) is 0 Å². The molecule has 4 heteroatoms. The lowest BCUT2D eigenvalue weighted by atomic mass is 10.1. The quantitative estimate of drug-likeness (QED) is 0.886. The van der Waals surface area contributed by atoms with E-state index >= 15 is 0 Å². The van der Waals surface area contributed by atoms with Gasteiger partial charge in [-0.25, -0.2) is 0 Å². The molecule has 1 aromatic carbocycles. The Hall–Kier alpha value is -1.55. The number of aryl methyl sites for hydroxylation is 1. The Balaban J connectivity index is 1.93. The SMILES string of the molecule is COc1ccc(C(=O)NCC2CCCO2)cc1C. The van der Waals surface area contributed by atoms with Gasteiger partial charge in [0.25, 0.3) is 5.91 Å². The van der Waals surface area contributed by atoms with Gasteiger partial charge in [0.05, 0.1) is 13.2 Å². The zero-order chi connectivity index (χ0) is 13.0. The molecule has 1 atom stereocenters. The molecule has 1 unspecified atom stereocenters. The number of carbonyl (C=O) groups excluding carboxylic acids is 1. The van der Waals surface area contributed by atoms with Crippen molar-refractivity contribution in [3.05, 3.63) is 29.3 Å². The molecule has 2 rings (SSSR count). The summed E-state index contributed by atoms with van der Waals surface area (Å²) >= 11 is 0. The van der Waals surface area contributed by atoms with Gasteiger partial charge in [-0.2, -0.15) is 0 Å². The van der Waals surface area contributed by atoms with Gasteiger partial charge in [0.1, 0.15) is 5.75 Å². The lowest BCUT2D eigenvalue weighted by Gasteiger charge is -2.11. The smallest absolute Gasteiger partial charge is 0.251 e. The highest BCUT2D eigenvalue weighted by atomic mass is 16.5. The third-order valence-electron chi connectivity index (χ3n) is 3.17. The van der Waals surface area contributed by atoms with E-state index < -0.39 is 0 Å². The molecule has 1 heterocycles. The maximum atomic E-state index is 11.9. The molecule has 1 aliphatic rings. The number of benzene rings is 1. The molecule has 98 valence electrons. The molecule has 1 aromatic rings. The van der Waals surface area contributed by atoms with Gasteiger partial charge in [0, 0.05) is 18.7 Å². The van der Waals surface area contributed by atoms with E-state index in [0.717, 1.165) is 30.8 Å². The van der Waals surface area contributed by atoms with Crippen LogP contribution in [0.3, 0.4) is 0 Å². The molecule has 0 spiro atoms. The van der Waals surface area contributed by atoms with Gasteiger partial charge in [0.15, 0.2) is 0 Å². The Morgan fingerprint density at radius 2 is 2.39 bits per heavy atom. The van der Waals surface area contributed by atoms with Crippen molar-refractivity contribution in [3.63, 3.8) is 0 Å². The van der Waals surface area contributed by atoms with Crippen LogP contribution in [0.15, 0.2) is 18.2 Å². The van der Waals surface area contributed by atoms with Gasteiger partial charge < -0.3 is 14.8 Å². The average molecular weight is 249 g/mol. The molecule has 4 nitrogen and oxygen atoms in total. The van der Waals surface area contributed by atoms with Crippen LogP contribution in [0.2, 0.25) is 0 Å². The molecule has 1 fully saturated rings.